The zero-order valence-electron chi connectivity index (χ0n) is 42.5. The minimum atomic E-state index is -0.0183. The summed E-state index contributed by atoms with van der Waals surface area (Å²) in [5.41, 5.74) is 16.1. The van der Waals surface area contributed by atoms with Gasteiger partial charge < -0.3 is 23.5 Å². The van der Waals surface area contributed by atoms with E-state index in [1.165, 1.54) is 16.7 Å². The number of hydrogen-bond donors (Lipinski definition) is 0. The van der Waals surface area contributed by atoms with E-state index in [0.717, 1.165) is 101 Å². The summed E-state index contributed by atoms with van der Waals surface area (Å²) >= 11 is 0. The number of anilines is 4. The smallest absolute Gasteiger partial charge is 0.136 e. The predicted molar refractivity (Wildman–Crippen MR) is 298 cm³/mol. The monoisotopic (exact) mass is 1130 g/mol. The molecular weight excluding hydrogens is 1080 g/mol. The van der Waals surface area contributed by atoms with Crippen molar-refractivity contribution in [2.24, 2.45) is 5.92 Å². The van der Waals surface area contributed by atoms with Crippen molar-refractivity contribution in [3.05, 3.63) is 212 Å². The second kappa shape index (κ2) is 18.6. The van der Waals surface area contributed by atoms with Gasteiger partial charge in [-0.15, -0.1) is 48.1 Å². The molecule has 0 spiro atoms. The zero-order valence-corrected chi connectivity index (χ0v) is 44.8. The maximum atomic E-state index is 6.83. The molecule has 1 aliphatic heterocycles. The summed E-state index contributed by atoms with van der Waals surface area (Å²) in [4.78, 5) is 9.78. The minimum Gasteiger partial charge on any atom is -0.509 e. The van der Waals surface area contributed by atoms with E-state index in [-0.39, 0.29) is 31.9 Å². The van der Waals surface area contributed by atoms with Crippen LogP contribution in [-0.4, -0.2) is 9.55 Å². The van der Waals surface area contributed by atoms with E-state index in [1.54, 1.807) is 0 Å². The van der Waals surface area contributed by atoms with Crippen LogP contribution in [0.1, 0.15) is 72.1 Å². The van der Waals surface area contributed by atoms with Crippen molar-refractivity contribution in [3.63, 3.8) is 0 Å². The molecule has 6 nitrogen and oxygen atoms in total. The molecule has 11 aromatic rings. The molecule has 8 aromatic carbocycles. The topological polar surface area (TPSA) is 46.7 Å². The van der Waals surface area contributed by atoms with Gasteiger partial charge in [-0.25, -0.2) is 4.98 Å². The van der Waals surface area contributed by atoms with E-state index in [2.05, 4.69) is 228 Å². The maximum Gasteiger partial charge on any atom is 0.136 e. The SMILES string of the molecule is CC(C)Cc1cc(-n2c3[c-]c(Oc4[c-]c(N5[CH-]N(c6cc(C(C)(C)C)cc(C(C)(C)C)c6)c6ccccc65)ccc4)ccc3c3c(-c4cccc5oc6ccccc6c45)cccc32)ncc1-c1ccccc1.[Pt]. The predicted octanol–water partition coefficient (Wildman–Crippen LogP) is 18.0. The molecule has 3 aromatic heterocycles. The largest absolute Gasteiger partial charge is 0.509 e. The fourth-order valence-electron chi connectivity index (χ4n) is 10.5. The molecule has 0 aliphatic carbocycles. The van der Waals surface area contributed by atoms with Crippen LogP contribution in [0.25, 0.3) is 71.8 Å². The normalized spacial score (nSPS) is 12.9. The van der Waals surface area contributed by atoms with Crippen LogP contribution in [-0.2, 0) is 38.3 Å². The Morgan fingerprint density at radius 3 is 1.97 bits per heavy atom. The van der Waals surface area contributed by atoms with Crippen molar-refractivity contribution < 1.29 is 30.2 Å². The van der Waals surface area contributed by atoms with Gasteiger partial charge in [0.05, 0.1) is 0 Å². The maximum absolute atomic E-state index is 6.83. The van der Waals surface area contributed by atoms with Crippen LogP contribution >= 0.6 is 0 Å². The Morgan fingerprint density at radius 1 is 0.589 bits per heavy atom. The van der Waals surface area contributed by atoms with Gasteiger partial charge in [-0.05, 0) is 110 Å². The van der Waals surface area contributed by atoms with Crippen LogP contribution in [0.4, 0.5) is 22.7 Å². The van der Waals surface area contributed by atoms with Gasteiger partial charge in [0.15, 0.2) is 0 Å². The van der Waals surface area contributed by atoms with E-state index in [9.17, 15) is 0 Å². The summed E-state index contributed by atoms with van der Waals surface area (Å²) in [6.07, 6.45) is 2.95. The van der Waals surface area contributed by atoms with Crippen LogP contribution in [0, 0.1) is 24.7 Å². The van der Waals surface area contributed by atoms with E-state index in [0.29, 0.717) is 17.4 Å². The molecule has 366 valence electrons. The molecule has 1 aliphatic rings. The zero-order chi connectivity index (χ0) is 49.5. The van der Waals surface area contributed by atoms with Crippen molar-refractivity contribution in [3.8, 4) is 39.6 Å². The molecule has 0 unspecified atom stereocenters. The van der Waals surface area contributed by atoms with Crippen molar-refractivity contribution in [2.45, 2.75) is 72.6 Å². The van der Waals surface area contributed by atoms with Gasteiger partial charge in [-0.2, -0.15) is 12.1 Å². The number of pyridine rings is 1. The molecule has 0 saturated carbocycles. The molecule has 12 rings (SSSR count). The van der Waals surface area contributed by atoms with Gasteiger partial charge in [0, 0.05) is 77.7 Å². The van der Waals surface area contributed by atoms with Crippen LogP contribution in [0.15, 0.2) is 180 Å². The van der Waals surface area contributed by atoms with Crippen LogP contribution in [0.3, 0.4) is 0 Å². The number of rotatable bonds is 9. The first-order valence-electron chi connectivity index (χ1n) is 25.1. The van der Waals surface area contributed by atoms with Gasteiger partial charge in [0.2, 0.25) is 0 Å². The summed E-state index contributed by atoms with van der Waals surface area (Å²) in [5, 5.41) is 4.34. The molecule has 73 heavy (non-hydrogen) atoms. The third kappa shape index (κ3) is 8.70. The Labute approximate surface area is 443 Å². The molecule has 0 atom stereocenters. The van der Waals surface area contributed by atoms with E-state index in [4.69, 9.17) is 14.1 Å². The van der Waals surface area contributed by atoms with Crippen molar-refractivity contribution in [2.75, 3.05) is 9.80 Å². The molecule has 0 radical (unpaired) electrons. The number of aromatic nitrogens is 2. The Kier molecular flexibility index (Phi) is 12.2. The fraction of sp³-hybridized carbons (Fsp3) is 0.182. The van der Waals surface area contributed by atoms with Crippen LogP contribution in [0.2, 0.25) is 0 Å². The van der Waals surface area contributed by atoms with Crippen molar-refractivity contribution >= 4 is 66.5 Å². The number of furan rings is 1. The number of hydrogen-bond acceptors (Lipinski definition) is 5. The van der Waals surface area contributed by atoms with Gasteiger partial charge in [0.1, 0.15) is 17.0 Å². The average Bonchev–Trinajstić information content (AvgIpc) is 4.06. The number of ether oxygens (including phenoxy) is 1. The molecule has 0 fully saturated rings. The van der Waals surface area contributed by atoms with Crippen molar-refractivity contribution in [1.82, 2.24) is 9.55 Å². The molecule has 7 heteroatoms. The fourth-order valence-corrected chi connectivity index (χ4v) is 10.5. The second-order valence-electron chi connectivity index (χ2n) is 21.7. The molecule has 4 heterocycles. The first kappa shape index (κ1) is 47.9. The van der Waals surface area contributed by atoms with Crippen molar-refractivity contribution in [1.29, 1.82) is 0 Å². The molecular formula is C66H57N4O2Pt-3. The van der Waals surface area contributed by atoms with Gasteiger partial charge in [-0.3, -0.25) is 0 Å². The number of fused-ring (bicyclic) bond motifs is 7. The third-order valence-corrected chi connectivity index (χ3v) is 14.1. The molecule has 0 saturated heterocycles. The molecule has 0 amide bonds. The Morgan fingerprint density at radius 2 is 1.23 bits per heavy atom. The van der Waals surface area contributed by atoms with Crippen LogP contribution < -0.4 is 14.5 Å². The van der Waals surface area contributed by atoms with E-state index >= 15 is 0 Å². The molecule has 0 bridgehead atoms. The second-order valence-corrected chi connectivity index (χ2v) is 21.7. The number of benzene rings is 8. The number of nitrogens with zero attached hydrogens (tertiary/aromatic N) is 4. The van der Waals surface area contributed by atoms with Gasteiger partial charge >= 0.3 is 0 Å². The average molecular weight is 1130 g/mol. The summed E-state index contributed by atoms with van der Waals surface area (Å²) < 4.78 is 15.5. The Balaban J connectivity index is 0.00000574. The summed E-state index contributed by atoms with van der Waals surface area (Å²) in [6.45, 7) is 20.4. The van der Waals surface area contributed by atoms with E-state index < -0.39 is 0 Å². The number of para-hydroxylation sites is 3. The Bertz CT molecular complexity index is 3840. The molecule has 0 N–H and O–H groups in total. The summed E-state index contributed by atoms with van der Waals surface area (Å²) in [6, 6.07) is 67.4. The third-order valence-electron chi connectivity index (χ3n) is 14.1. The summed E-state index contributed by atoms with van der Waals surface area (Å²) in [7, 11) is 0. The summed E-state index contributed by atoms with van der Waals surface area (Å²) in [5.74, 6) is 2.43. The minimum absolute atomic E-state index is 0. The standard InChI is InChI=1S/C66H57N4O2.Pt/c1-42(2)33-44-34-62(67-40-55(44)43-19-10-9-11-20-43)70-58-28-17-24-51(52-25-18-30-61-64(52)54-23-12-15-29-60(54)72-61)63(58)53-32-31-50(39-59(53)70)71-49-22-16-21-47(38-49)68-41-69(57-27-14-13-26-56(57)68)48-36-45(65(3,4)5)35-46(37-48)66(6,7)8;/h9-32,34-37,40-42H,33H2,1-8H3;/q-3;. The quantitative estimate of drug-likeness (QED) is 0.135. The Hall–Kier alpha value is -7.40. The first-order chi connectivity index (χ1) is 34.8. The van der Waals surface area contributed by atoms with Gasteiger partial charge in [0.25, 0.3) is 0 Å². The van der Waals surface area contributed by atoms with Gasteiger partial charge in [-0.1, -0.05) is 152 Å². The van der Waals surface area contributed by atoms with E-state index in [1.807, 2.05) is 36.5 Å². The van der Waals surface area contributed by atoms with Crippen LogP contribution in [0.5, 0.6) is 11.5 Å². The first-order valence-corrected chi connectivity index (χ1v) is 25.1.